The van der Waals surface area contributed by atoms with E-state index in [-0.39, 0.29) is 17.7 Å². The summed E-state index contributed by atoms with van der Waals surface area (Å²) in [5.74, 6) is -0.127. The number of nitrogens with zero attached hydrogens (tertiary/aromatic N) is 2. The first-order valence-corrected chi connectivity index (χ1v) is 7.27. The summed E-state index contributed by atoms with van der Waals surface area (Å²) in [5.41, 5.74) is 0.623. The minimum absolute atomic E-state index is 0.0161. The van der Waals surface area contributed by atoms with Crippen molar-refractivity contribution in [3.63, 3.8) is 0 Å². The summed E-state index contributed by atoms with van der Waals surface area (Å²) in [5, 5.41) is 1.86. The molecule has 5 nitrogen and oxygen atoms in total. The van der Waals surface area contributed by atoms with Gasteiger partial charge in [-0.2, -0.15) is 0 Å². The van der Waals surface area contributed by atoms with E-state index in [2.05, 4.69) is 0 Å². The van der Waals surface area contributed by atoms with Crippen molar-refractivity contribution in [3.8, 4) is 0 Å². The maximum atomic E-state index is 12.3. The zero-order valence-corrected chi connectivity index (χ0v) is 13.0. The van der Waals surface area contributed by atoms with E-state index in [0.717, 1.165) is 0 Å². The summed E-state index contributed by atoms with van der Waals surface area (Å²) in [6.45, 7) is 1.16. The number of carbonyl (C=O) groups excluding carboxylic acids is 2. The molecule has 2 amide bonds. The second-order valence-corrected chi connectivity index (χ2v) is 5.53. The van der Waals surface area contributed by atoms with Gasteiger partial charge in [0.05, 0.1) is 7.11 Å². The van der Waals surface area contributed by atoms with Crippen LogP contribution < -0.4 is 0 Å². The maximum absolute atomic E-state index is 12.3. The van der Waals surface area contributed by atoms with Crippen molar-refractivity contribution in [1.29, 1.82) is 0 Å². The van der Waals surface area contributed by atoms with Gasteiger partial charge < -0.3 is 4.90 Å². The van der Waals surface area contributed by atoms with Gasteiger partial charge in [-0.15, -0.1) is 0 Å². The molecule has 2 rings (SSSR count). The third-order valence-electron chi connectivity index (χ3n) is 3.81. The van der Waals surface area contributed by atoms with Crippen molar-refractivity contribution in [3.05, 3.63) is 34.9 Å². The van der Waals surface area contributed by atoms with Crippen LogP contribution in [0.1, 0.15) is 23.2 Å². The first kappa shape index (κ1) is 15.8. The Morgan fingerprint density at radius 3 is 2.33 bits per heavy atom. The Balaban J connectivity index is 1.93. The smallest absolute Gasteiger partial charge is 0.253 e. The van der Waals surface area contributed by atoms with Crippen molar-refractivity contribution in [2.24, 2.45) is 5.92 Å². The van der Waals surface area contributed by atoms with Crippen LogP contribution in [0.25, 0.3) is 0 Å². The molecule has 0 unspecified atom stereocenters. The Morgan fingerprint density at radius 1 is 1.24 bits per heavy atom. The Bertz CT molecular complexity index is 510. The van der Waals surface area contributed by atoms with E-state index in [1.54, 1.807) is 36.2 Å². The fraction of sp³-hybridized carbons (Fsp3) is 0.467. The average Bonchev–Trinajstić information content (AvgIpc) is 2.53. The first-order valence-electron chi connectivity index (χ1n) is 6.89. The van der Waals surface area contributed by atoms with E-state index in [1.807, 2.05) is 0 Å². The summed E-state index contributed by atoms with van der Waals surface area (Å²) in [6, 6.07) is 6.86. The number of amides is 2. The SMILES string of the molecule is CON(C)C(=O)C1CCN(C(=O)c2ccc(Cl)cc2)CC1. The zero-order valence-electron chi connectivity index (χ0n) is 12.2. The lowest BCUT2D eigenvalue weighted by molar-refractivity contribution is -0.174. The maximum Gasteiger partial charge on any atom is 0.253 e. The lowest BCUT2D eigenvalue weighted by Crippen LogP contribution is -2.43. The monoisotopic (exact) mass is 310 g/mol. The van der Waals surface area contributed by atoms with Gasteiger partial charge in [0, 0.05) is 36.6 Å². The number of hydrogen-bond acceptors (Lipinski definition) is 3. The van der Waals surface area contributed by atoms with Crippen LogP contribution in [0.5, 0.6) is 0 Å². The molecular formula is C15H19ClN2O3. The molecule has 1 aromatic rings. The van der Waals surface area contributed by atoms with Crippen molar-refractivity contribution < 1.29 is 14.4 Å². The molecule has 0 aromatic heterocycles. The number of likely N-dealkylation sites (tertiary alicyclic amines) is 1. The molecule has 0 aliphatic carbocycles. The van der Waals surface area contributed by atoms with Crippen molar-refractivity contribution in [2.75, 3.05) is 27.2 Å². The third-order valence-corrected chi connectivity index (χ3v) is 4.06. The van der Waals surface area contributed by atoms with Crippen LogP contribution in [0.15, 0.2) is 24.3 Å². The number of piperidine rings is 1. The van der Waals surface area contributed by atoms with Crippen LogP contribution in [0.4, 0.5) is 0 Å². The minimum atomic E-state index is -0.0794. The average molecular weight is 311 g/mol. The summed E-state index contributed by atoms with van der Waals surface area (Å²) < 4.78 is 0. The zero-order chi connectivity index (χ0) is 15.4. The van der Waals surface area contributed by atoms with E-state index < -0.39 is 0 Å². The Kier molecular flexibility index (Phi) is 5.20. The number of hydroxylamine groups is 2. The second-order valence-electron chi connectivity index (χ2n) is 5.09. The molecule has 0 saturated carbocycles. The third kappa shape index (κ3) is 3.74. The normalized spacial score (nSPS) is 15.9. The molecule has 6 heteroatoms. The van der Waals surface area contributed by atoms with Gasteiger partial charge >= 0.3 is 0 Å². The Morgan fingerprint density at radius 2 is 1.81 bits per heavy atom. The lowest BCUT2D eigenvalue weighted by Gasteiger charge is -2.32. The number of carbonyl (C=O) groups is 2. The van der Waals surface area contributed by atoms with Crippen LogP contribution in [-0.4, -0.2) is 49.0 Å². The number of halogens is 1. The number of rotatable bonds is 3. The van der Waals surface area contributed by atoms with Crippen LogP contribution in [-0.2, 0) is 9.63 Å². The van der Waals surface area contributed by atoms with Gasteiger partial charge in [0.1, 0.15) is 0 Å². The van der Waals surface area contributed by atoms with Gasteiger partial charge in [0.15, 0.2) is 0 Å². The van der Waals surface area contributed by atoms with Crippen LogP contribution in [0.2, 0.25) is 5.02 Å². The molecule has 0 N–H and O–H groups in total. The van der Waals surface area contributed by atoms with Crippen molar-refractivity contribution >= 4 is 23.4 Å². The summed E-state index contributed by atoms with van der Waals surface area (Å²) in [6.07, 6.45) is 1.32. The van der Waals surface area contributed by atoms with Gasteiger partial charge in [-0.25, -0.2) is 5.06 Å². The molecule has 0 radical (unpaired) electrons. The van der Waals surface area contributed by atoms with Gasteiger partial charge in [0.2, 0.25) is 5.91 Å². The standard InChI is InChI=1S/C15H19ClN2O3/c1-17(21-2)14(19)12-7-9-18(10-8-12)15(20)11-3-5-13(16)6-4-11/h3-6,12H,7-10H2,1-2H3. The van der Waals surface area contributed by atoms with Crippen LogP contribution in [0, 0.1) is 5.92 Å². The molecule has 0 spiro atoms. The molecule has 21 heavy (non-hydrogen) atoms. The lowest BCUT2D eigenvalue weighted by atomic mass is 9.95. The van der Waals surface area contributed by atoms with E-state index >= 15 is 0 Å². The predicted octanol–water partition coefficient (Wildman–Crippen LogP) is 2.21. The highest BCUT2D eigenvalue weighted by atomic mass is 35.5. The van der Waals surface area contributed by atoms with Crippen molar-refractivity contribution in [1.82, 2.24) is 9.96 Å². The molecule has 0 bridgehead atoms. The Hall–Kier alpha value is -1.59. The van der Waals surface area contributed by atoms with E-state index in [9.17, 15) is 9.59 Å². The number of benzene rings is 1. The summed E-state index contributed by atoms with van der Waals surface area (Å²) >= 11 is 5.82. The summed E-state index contributed by atoms with van der Waals surface area (Å²) in [4.78, 5) is 31.0. The fourth-order valence-electron chi connectivity index (χ4n) is 2.45. The van der Waals surface area contributed by atoms with Gasteiger partial charge in [-0.05, 0) is 37.1 Å². The van der Waals surface area contributed by atoms with Gasteiger partial charge in [-0.1, -0.05) is 11.6 Å². The highest BCUT2D eigenvalue weighted by molar-refractivity contribution is 6.30. The molecule has 1 aliphatic heterocycles. The number of hydrogen-bond donors (Lipinski definition) is 0. The molecule has 1 fully saturated rings. The quantitative estimate of drug-likeness (QED) is 0.804. The van der Waals surface area contributed by atoms with E-state index in [0.29, 0.717) is 36.5 Å². The Labute approximate surface area is 129 Å². The van der Waals surface area contributed by atoms with E-state index in [1.165, 1.54) is 12.2 Å². The van der Waals surface area contributed by atoms with Crippen LogP contribution >= 0.6 is 11.6 Å². The molecule has 114 valence electrons. The molecule has 0 atom stereocenters. The fourth-order valence-corrected chi connectivity index (χ4v) is 2.58. The molecule has 1 aliphatic rings. The molecular weight excluding hydrogens is 292 g/mol. The second kappa shape index (κ2) is 6.91. The highest BCUT2D eigenvalue weighted by Gasteiger charge is 2.29. The molecule has 1 saturated heterocycles. The minimum Gasteiger partial charge on any atom is -0.339 e. The summed E-state index contributed by atoms with van der Waals surface area (Å²) in [7, 11) is 3.07. The molecule has 1 heterocycles. The molecule has 1 aromatic carbocycles. The predicted molar refractivity (Wildman–Crippen MR) is 79.9 cm³/mol. The highest BCUT2D eigenvalue weighted by Crippen LogP contribution is 2.21. The first-order chi connectivity index (χ1) is 10.0. The van der Waals surface area contributed by atoms with Crippen LogP contribution in [0.3, 0.4) is 0 Å². The van der Waals surface area contributed by atoms with Crippen molar-refractivity contribution in [2.45, 2.75) is 12.8 Å². The van der Waals surface area contributed by atoms with E-state index in [4.69, 9.17) is 16.4 Å². The van der Waals surface area contributed by atoms with Gasteiger partial charge in [0.25, 0.3) is 5.91 Å². The van der Waals surface area contributed by atoms with Gasteiger partial charge in [-0.3, -0.25) is 14.4 Å². The largest absolute Gasteiger partial charge is 0.339 e. The topological polar surface area (TPSA) is 49.9 Å².